The molecule has 204 valence electrons. The number of carbonyl (C=O) groups is 1. The number of carbonyl (C=O) groups excluding carboxylic acids is 1. The van der Waals surface area contributed by atoms with Crippen LogP contribution in [0.25, 0.3) is 0 Å². The van der Waals surface area contributed by atoms with Crippen LogP contribution in [-0.4, -0.2) is 21.1 Å². The molecule has 0 spiro atoms. The normalized spacial score (nSPS) is 11.3. The molecule has 0 heterocycles. The Balaban J connectivity index is 3.85. The van der Waals surface area contributed by atoms with Crippen molar-refractivity contribution in [1.82, 2.24) is 3.71 Å². The summed E-state index contributed by atoms with van der Waals surface area (Å²) in [4.78, 5) is 12.7. The van der Waals surface area contributed by atoms with Crippen molar-refractivity contribution in [3.8, 4) is 0 Å². The molecule has 0 unspecified atom stereocenters. The van der Waals surface area contributed by atoms with Gasteiger partial charge in [0.2, 0.25) is 5.91 Å². The molecule has 0 atom stereocenters. The van der Waals surface area contributed by atoms with E-state index in [1.54, 1.807) is 23.9 Å². The summed E-state index contributed by atoms with van der Waals surface area (Å²) in [5, 5.41) is 0. The van der Waals surface area contributed by atoms with E-state index in [1.165, 1.54) is 141 Å². The van der Waals surface area contributed by atoms with Crippen LogP contribution >= 0.6 is 23.9 Å². The number of hydrogen-bond donors (Lipinski definition) is 0. The molecule has 0 aliphatic rings. The second kappa shape index (κ2) is 29.4. The Morgan fingerprint density at radius 3 is 1.09 bits per heavy atom. The molecule has 0 rings (SSSR count). The van der Waals surface area contributed by atoms with Crippen LogP contribution < -0.4 is 0 Å². The summed E-state index contributed by atoms with van der Waals surface area (Å²) in [5.74, 6) is 2.55. The summed E-state index contributed by atoms with van der Waals surface area (Å²) < 4.78 is 2.05. The smallest absolute Gasteiger partial charge is 0.242 e. The minimum Gasteiger partial charge on any atom is -0.273 e. The number of nitrogens with zero attached hydrogens (tertiary/aromatic N) is 1. The quantitative estimate of drug-likeness (QED) is 0.0763. The summed E-state index contributed by atoms with van der Waals surface area (Å²) in [5.41, 5.74) is 0. The number of hydrogen-bond acceptors (Lipinski definition) is 3. The van der Waals surface area contributed by atoms with E-state index in [0.29, 0.717) is 5.91 Å². The van der Waals surface area contributed by atoms with Crippen molar-refractivity contribution in [2.75, 3.05) is 11.5 Å². The molecule has 0 aromatic rings. The molecule has 1 amide bonds. The van der Waals surface area contributed by atoms with E-state index in [0.717, 1.165) is 24.3 Å². The zero-order valence-electron chi connectivity index (χ0n) is 23.6. The maximum absolute atomic E-state index is 12.7. The van der Waals surface area contributed by atoms with Gasteiger partial charge in [0, 0.05) is 17.9 Å². The van der Waals surface area contributed by atoms with Crippen molar-refractivity contribution < 1.29 is 4.79 Å². The summed E-state index contributed by atoms with van der Waals surface area (Å²) >= 11 is 3.59. The van der Waals surface area contributed by atoms with Gasteiger partial charge >= 0.3 is 0 Å². The van der Waals surface area contributed by atoms with Gasteiger partial charge in [-0.15, -0.1) is 0 Å². The molecule has 0 fully saturated rings. The van der Waals surface area contributed by atoms with E-state index >= 15 is 0 Å². The molecule has 34 heavy (non-hydrogen) atoms. The molecule has 0 saturated heterocycles. The topological polar surface area (TPSA) is 20.3 Å². The Hall–Kier alpha value is 0.170. The van der Waals surface area contributed by atoms with Gasteiger partial charge in [-0.05, 0) is 43.2 Å². The summed E-state index contributed by atoms with van der Waals surface area (Å²) in [6, 6.07) is 0. The Labute approximate surface area is 224 Å². The molecule has 0 radical (unpaired) electrons. The highest BCUT2D eigenvalue weighted by Crippen LogP contribution is 2.26. The van der Waals surface area contributed by atoms with Gasteiger partial charge in [0.1, 0.15) is 0 Å². The minimum atomic E-state index is 0.350. The van der Waals surface area contributed by atoms with Gasteiger partial charge in [0.15, 0.2) is 0 Å². The van der Waals surface area contributed by atoms with Crippen LogP contribution in [0.4, 0.5) is 0 Å². The average Bonchev–Trinajstić information content (AvgIpc) is 2.84. The zero-order chi connectivity index (χ0) is 25.0. The lowest BCUT2D eigenvalue weighted by molar-refractivity contribution is -0.122. The second-order valence-electron chi connectivity index (χ2n) is 10.1. The molecule has 0 aliphatic carbocycles. The van der Waals surface area contributed by atoms with Crippen LogP contribution in [-0.2, 0) is 4.79 Å². The Morgan fingerprint density at radius 1 is 0.441 bits per heavy atom. The van der Waals surface area contributed by atoms with Gasteiger partial charge in [0.25, 0.3) is 0 Å². The lowest BCUT2D eigenvalue weighted by Gasteiger charge is -2.20. The molecule has 0 bridgehead atoms. The molecule has 0 aliphatic heterocycles. The van der Waals surface area contributed by atoms with E-state index in [4.69, 9.17) is 0 Å². The van der Waals surface area contributed by atoms with E-state index in [1.807, 2.05) is 0 Å². The molecule has 4 heteroatoms. The van der Waals surface area contributed by atoms with Gasteiger partial charge in [0.05, 0.1) is 0 Å². The number of unbranched alkanes of at least 4 members (excludes halogenated alkanes) is 20. The Bertz CT molecular complexity index is 379. The fraction of sp³-hybridized carbons (Fsp3) is 0.967. The first-order valence-corrected chi connectivity index (χ1v) is 17.2. The second-order valence-corrected chi connectivity index (χ2v) is 12.4. The SMILES string of the molecule is CCCCCCCCCCCCSN(SCCCCCCCCCCCC)C(=O)CCCCC. The predicted octanol–water partition coefficient (Wildman–Crippen LogP) is 11.5. The predicted molar refractivity (Wildman–Crippen MR) is 160 cm³/mol. The van der Waals surface area contributed by atoms with Gasteiger partial charge in [-0.25, -0.2) is 3.71 Å². The molecule has 0 N–H and O–H groups in total. The van der Waals surface area contributed by atoms with Crippen LogP contribution in [0.1, 0.15) is 175 Å². The molecular formula is C30H61NOS2. The Morgan fingerprint density at radius 2 is 0.735 bits per heavy atom. The summed E-state index contributed by atoms with van der Waals surface area (Å²) in [6.45, 7) is 6.78. The lowest BCUT2D eigenvalue weighted by Crippen LogP contribution is -2.18. The van der Waals surface area contributed by atoms with Crippen molar-refractivity contribution in [1.29, 1.82) is 0 Å². The van der Waals surface area contributed by atoms with Gasteiger partial charge in [-0.3, -0.25) is 4.79 Å². The zero-order valence-corrected chi connectivity index (χ0v) is 25.2. The van der Waals surface area contributed by atoms with Crippen LogP contribution in [0.15, 0.2) is 0 Å². The molecule has 0 saturated carbocycles. The maximum Gasteiger partial charge on any atom is 0.242 e. The lowest BCUT2D eigenvalue weighted by atomic mass is 10.1. The molecule has 0 aromatic heterocycles. The first-order valence-electron chi connectivity index (χ1n) is 15.3. The first kappa shape index (κ1) is 34.2. The van der Waals surface area contributed by atoms with Crippen molar-refractivity contribution in [2.24, 2.45) is 0 Å². The van der Waals surface area contributed by atoms with Gasteiger partial charge in [-0.1, -0.05) is 149 Å². The summed E-state index contributed by atoms with van der Waals surface area (Å²) in [6.07, 6.45) is 31.6. The first-order chi connectivity index (χ1) is 16.8. The van der Waals surface area contributed by atoms with Crippen molar-refractivity contribution in [3.05, 3.63) is 0 Å². The molecular weight excluding hydrogens is 454 g/mol. The standard InChI is InChI=1S/C30H61NOS2/c1-4-7-10-12-14-16-18-20-22-25-28-33-31(30(32)27-24-9-6-3)34-29-26-23-21-19-17-15-13-11-8-5-2/h4-29H2,1-3H3. The van der Waals surface area contributed by atoms with Crippen LogP contribution in [0, 0.1) is 0 Å². The van der Waals surface area contributed by atoms with Gasteiger partial charge in [-0.2, -0.15) is 0 Å². The van der Waals surface area contributed by atoms with E-state index < -0.39 is 0 Å². The van der Waals surface area contributed by atoms with Crippen molar-refractivity contribution >= 4 is 29.8 Å². The highest BCUT2D eigenvalue weighted by atomic mass is 32.2. The maximum atomic E-state index is 12.7. The molecule has 0 aromatic carbocycles. The fourth-order valence-corrected chi connectivity index (χ4v) is 6.49. The van der Waals surface area contributed by atoms with Crippen molar-refractivity contribution in [3.63, 3.8) is 0 Å². The third-order valence-corrected chi connectivity index (χ3v) is 9.06. The third kappa shape index (κ3) is 25.3. The monoisotopic (exact) mass is 515 g/mol. The van der Waals surface area contributed by atoms with Gasteiger partial charge < -0.3 is 0 Å². The van der Waals surface area contributed by atoms with E-state index in [2.05, 4.69) is 24.5 Å². The number of amides is 1. The minimum absolute atomic E-state index is 0.350. The molecule has 2 nitrogen and oxygen atoms in total. The number of rotatable bonds is 28. The van der Waals surface area contributed by atoms with Crippen LogP contribution in [0.3, 0.4) is 0 Å². The Kier molecular flexibility index (Phi) is 29.5. The van der Waals surface area contributed by atoms with E-state index in [9.17, 15) is 4.79 Å². The third-order valence-electron chi connectivity index (χ3n) is 6.61. The van der Waals surface area contributed by atoms with Crippen LogP contribution in [0.5, 0.6) is 0 Å². The van der Waals surface area contributed by atoms with Crippen LogP contribution in [0.2, 0.25) is 0 Å². The van der Waals surface area contributed by atoms with E-state index in [-0.39, 0.29) is 0 Å². The van der Waals surface area contributed by atoms with Crippen molar-refractivity contribution in [2.45, 2.75) is 175 Å². The average molecular weight is 516 g/mol. The highest BCUT2D eigenvalue weighted by molar-refractivity contribution is 8.12. The fourth-order valence-electron chi connectivity index (χ4n) is 4.27. The summed E-state index contributed by atoms with van der Waals surface area (Å²) in [7, 11) is 0. The largest absolute Gasteiger partial charge is 0.273 e. The highest BCUT2D eigenvalue weighted by Gasteiger charge is 2.14.